The smallest absolute Gasteiger partial charge is 0.256 e. The van der Waals surface area contributed by atoms with Crippen LogP contribution in [0.5, 0.6) is 0 Å². The predicted octanol–water partition coefficient (Wildman–Crippen LogP) is 4.74. The highest BCUT2D eigenvalue weighted by Crippen LogP contribution is 2.41. The van der Waals surface area contributed by atoms with Crippen LogP contribution in [0.4, 0.5) is 5.69 Å². The van der Waals surface area contributed by atoms with E-state index in [1.807, 2.05) is 81.4 Å². The van der Waals surface area contributed by atoms with Gasteiger partial charge in [0.1, 0.15) is 0 Å². The lowest BCUT2D eigenvalue weighted by Gasteiger charge is -2.10. The van der Waals surface area contributed by atoms with Crippen molar-refractivity contribution in [2.75, 3.05) is 32.5 Å². The first kappa shape index (κ1) is 22.8. The van der Waals surface area contributed by atoms with E-state index in [-0.39, 0.29) is 11.8 Å². The van der Waals surface area contributed by atoms with Crippen molar-refractivity contribution in [3.63, 3.8) is 0 Å². The highest BCUT2D eigenvalue weighted by Gasteiger charge is 2.28. The quantitative estimate of drug-likeness (QED) is 0.463. The Kier molecular flexibility index (Phi) is 6.40. The first-order chi connectivity index (χ1) is 15.8. The summed E-state index contributed by atoms with van der Waals surface area (Å²) in [5.74, 6) is -0.291. The summed E-state index contributed by atoms with van der Waals surface area (Å²) >= 11 is 6.07. The summed E-state index contributed by atoms with van der Waals surface area (Å²) in [5.41, 5.74) is 7.02. The van der Waals surface area contributed by atoms with E-state index < -0.39 is 0 Å². The molecule has 170 valence electrons. The number of hydrogen-bond acceptors (Lipinski definition) is 3. The summed E-state index contributed by atoms with van der Waals surface area (Å²) in [5, 5.41) is 6.58. The van der Waals surface area contributed by atoms with E-state index in [1.165, 1.54) is 0 Å². The van der Waals surface area contributed by atoms with Gasteiger partial charge in [-0.15, -0.1) is 0 Å². The number of hydrogen-bond donors (Lipinski definition) is 3. The van der Waals surface area contributed by atoms with E-state index in [0.717, 1.165) is 45.9 Å². The molecule has 0 atom stereocenters. The average Bonchev–Trinajstić information content (AvgIpc) is 3.23. The Morgan fingerprint density at radius 1 is 1.12 bits per heavy atom. The highest BCUT2D eigenvalue weighted by atomic mass is 35.5. The van der Waals surface area contributed by atoms with Crippen LogP contribution < -0.4 is 10.6 Å². The Morgan fingerprint density at radius 2 is 1.85 bits per heavy atom. The molecule has 0 saturated carbocycles. The van der Waals surface area contributed by atoms with Crippen LogP contribution in [0.3, 0.4) is 0 Å². The fourth-order valence-electron chi connectivity index (χ4n) is 4.14. The molecular formula is C26H27ClN4O2. The van der Waals surface area contributed by atoms with E-state index in [2.05, 4.69) is 15.6 Å². The fourth-order valence-corrected chi connectivity index (χ4v) is 4.27. The molecule has 4 rings (SSSR count). The minimum atomic E-state index is -0.171. The maximum atomic E-state index is 12.9. The van der Waals surface area contributed by atoms with E-state index in [4.69, 9.17) is 11.6 Å². The molecule has 6 nitrogen and oxygen atoms in total. The van der Waals surface area contributed by atoms with Crippen LogP contribution in [0.2, 0.25) is 5.02 Å². The lowest BCUT2D eigenvalue weighted by atomic mass is 9.94. The van der Waals surface area contributed by atoms with Gasteiger partial charge in [-0.1, -0.05) is 35.9 Å². The van der Waals surface area contributed by atoms with Gasteiger partial charge >= 0.3 is 0 Å². The molecule has 0 fully saturated rings. The number of aromatic nitrogens is 1. The van der Waals surface area contributed by atoms with Crippen LogP contribution in [0.15, 0.2) is 42.5 Å². The molecule has 0 radical (unpaired) electrons. The van der Waals surface area contributed by atoms with Gasteiger partial charge in [0.05, 0.1) is 11.1 Å². The van der Waals surface area contributed by atoms with Gasteiger partial charge in [0.2, 0.25) is 0 Å². The van der Waals surface area contributed by atoms with E-state index in [1.54, 1.807) is 0 Å². The van der Waals surface area contributed by atoms with Gasteiger partial charge in [-0.05, 0) is 68.9 Å². The van der Waals surface area contributed by atoms with Gasteiger partial charge in [0, 0.05) is 40.8 Å². The van der Waals surface area contributed by atoms with Crippen molar-refractivity contribution in [2.45, 2.75) is 13.8 Å². The lowest BCUT2D eigenvalue weighted by molar-refractivity contribution is -0.110. The minimum absolute atomic E-state index is 0.120. The van der Waals surface area contributed by atoms with Crippen LogP contribution in [0, 0.1) is 13.8 Å². The topological polar surface area (TPSA) is 77.2 Å². The first-order valence-corrected chi connectivity index (χ1v) is 11.2. The Hall–Kier alpha value is -3.35. The summed E-state index contributed by atoms with van der Waals surface area (Å²) in [6.07, 6.45) is 1.83. The predicted molar refractivity (Wildman–Crippen MR) is 135 cm³/mol. The highest BCUT2D eigenvalue weighted by molar-refractivity contribution is 6.36. The standard InChI is InChI=1S/C26H27ClN4O2/c1-15-22(29-16(2)23(15)26(33)28-12-13-31(3)4)14-20-24-19(17-8-10-18(27)11-9-17)6-5-7-21(24)30-25(20)32/h5-11,14,29H,12-13H2,1-4H3,(H,28,33)(H,30,32). The van der Waals surface area contributed by atoms with Crippen LogP contribution in [-0.4, -0.2) is 48.9 Å². The molecule has 2 heterocycles. The van der Waals surface area contributed by atoms with Gasteiger partial charge in [0.25, 0.3) is 11.8 Å². The van der Waals surface area contributed by atoms with Crippen molar-refractivity contribution in [2.24, 2.45) is 0 Å². The number of benzene rings is 2. The third kappa shape index (κ3) is 4.58. The number of amides is 2. The van der Waals surface area contributed by atoms with E-state index in [9.17, 15) is 9.59 Å². The number of carbonyl (C=O) groups excluding carboxylic acids is 2. The van der Waals surface area contributed by atoms with Crippen molar-refractivity contribution >= 4 is 40.8 Å². The molecular weight excluding hydrogens is 436 g/mol. The zero-order valence-corrected chi connectivity index (χ0v) is 19.9. The largest absolute Gasteiger partial charge is 0.358 e. The van der Waals surface area contributed by atoms with E-state index in [0.29, 0.717) is 22.7 Å². The zero-order chi connectivity index (χ0) is 23.7. The number of carbonyl (C=O) groups is 2. The summed E-state index contributed by atoms with van der Waals surface area (Å²) < 4.78 is 0. The number of likely N-dealkylation sites (N-methyl/N-ethyl adjacent to an activating group) is 1. The molecule has 2 aromatic carbocycles. The SMILES string of the molecule is Cc1[nH]c(C=C2C(=O)Nc3cccc(-c4ccc(Cl)cc4)c32)c(C)c1C(=O)NCCN(C)C. The molecule has 7 heteroatoms. The second kappa shape index (κ2) is 9.25. The molecule has 0 bridgehead atoms. The molecule has 1 aliphatic heterocycles. The average molecular weight is 463 g/mol. The molecule has 3 aromatic rings. The molecule has 0 spiro atoms. The number of H-pyrrole nitrogens is 1. The third-order valence-electron chi connectivity index (χ3n) is 5.82. The molecule has 33 heavy (non-hydrogen) atoms. The number of anilines is 1. The van der Waals surface area contributed by atoms with Crippen molar-refractivity contribution in [1.82, 2.24) is 15.2 Å². The number of nitrogens with zero attached hydrogens (tertiary/aromatic N) is 1. The third-order valence-corrected chi connectivity index (χ3v) is 6.07. The first-order valence-electron chi connectivity index (χ1n) is 10.8. The number of nitrogens with one attached hydrogen (secondary N) is 3. The van der Waals surface area contributed by atoms with Gasteiger partial charge < -0.3 is 20.5 Å². The Balaban J connectivity index is 1.73. The Morgan fingerprint density at radius 3 is 2.55 bits per heavy atom. The number of aromatic amines is 1. The minimum Gasteiger partial charge on any atom is -0.358 e. The molecule has 0 saturated heterocycles. The van der Waals surface area contributed by atoms with Crippen molar-refractivity contribution in [3.05, 3.63) is 75.6 Å². The van der Waals surface area contributed by atoms with Crippen molar-refractivity contribution < 1.29 is 9.59 Å². The number of halogens is 1. The van der Waals surface area contributed by atoms with Gasteiger partial charge in [-0.25, -0.2) is 0 Å². The molecule has 3 N–H and O–H groups in total. The second-order valence-corrected chi connectivity index (χ2v) is 8.91. The molecule has 0 aliphatic carbocycles. The van der Waals surface area contributed by atoms with Crippen LogP contribution in [-0.2, 0) is 4.79 Å². The molecule has 2 amide bonds. The molecule has 1 aromatic heterocycles. The zero-order valence-electron chi connectivity index (χ0n) is 19.2. The monoisotopic (exact) mass is 462 g/mol. The molecule has 0 unspecified atom stereocenters. The number of rotatable bonds is 6. The van der Waals surface area contributed by atoms with Crippen LogP contribution >= 0.6 is 11.6 Å². The second-order valence-electron chi connectivity index (χ2n) is 8.47. The van der Waals surface area contributed by atoms with Gasteiger partial charge in [-0.2, -0.15) is 0 Å². The van der Waals surface area contributed by atoms with Gasteiger partial charge in [0.15, 0.2) is 0 Å². The lowest BCUT2D eigenvalue weighted by Crippen LogP contribution is -2.31. The maximum absolute atomic E-state index is 12.9. The number of aryl methyl sites for hydroxylation is 1. The maximum Gasteiger partial charge on any atom is 0.256 e. The summed E-state index contributed by atoms with van der Waals surface area (Å²) in [7, 11) is 3.93. The Labute approximate surface area is 198 Å². The molecule has 1 aliphatic rings. The normalized spacial score (nSPS) is 14.0. The Bertz CT molecular complexity index is 1260. The van der Waals surface area contributed by atoms with E-state index >= 15 is 0 Å². The summed E-state index contributed by atoms with van der Waals surface area (Å²) in [4.78, 5) is 31.0. The van der Waals surface area contributed by atoms with Crippen LogP contribution in [0.1, 0.15) is 32.9 Å². The van der Waals surface area contributed by atoms with Gasteiger partial charge in [-0.3, -0.25) is 9.59 Å². The number of fused-ring (bicyclic) bond motifs is 1. The van der Waals surface area contributed by atoms with Crippen LogP contribution in [0.25, 0.3) is 22.8 Å². The summed E-state index contributed by atoms with van der Waals surface area (Å²) in [6.45, 7) is 5.09. The van der Waals surface area contributed by atoms with Crippen molar-refractivity contribution in [3.8, 4) is 11.1 Å². The van der Waals surface area contributed by atoms with Crippen molar-refractivity contribution in [1.29, 1.82) is 0 Å². The summed E-state index contributed by atoms with van der Waals surface area (Å²) in [6, 6.07) is 13.4. The fraction of sp³-hybridized carbons (Fsp3) is 0.231.